The van der Waals surface area contributed by atoms with Crippen molar-refractivity contribution in [2.75, 3.05) is 5.32 Å². The summed E-state index contributed by atoms with van der Waals surface area (Å²) in [5.41, 5.74) is 2.96. The second kappa shape index (κ2) is 5.94. The van der Waals surface area contributed by atoms with Crippen LogP contribution in [0.3, 0.4) is 0 Å². The van der Waals surface area contributed by atoms with Crippen molar-refractivity contribution in [3.8, 4) is 0 Å². The molecule has 5 heteroatoms. The predicted octanol–water partition coefficient (Wildman–Crippen LogP) is 4.29. The van der Waals surface area contributed by atoms with Crippen LogP contribution in [0.2, 0.25) is 5.02 Å². The zero-order valence-corrected chi connectivity index (χ0v) is 15.0. The molecule has 0 amide bonds. The molecule has 1 N–H and O–H groups in total. The molecule has 0 spiro atoms. The second-order valence-electron chi connectivity index (χ2n) is 6.23. The van der Waals surface area contributed by atoms with Gasteiger partial charge >= 0.3 is 0 Å². The topological polar surface area (TPSA) is 52.2 Å². The van der Waals surface area contributed by atoms with Crippen molar-refractivity contribution in [2.24, 2.45) is 5.92 Å². The minimum Gasteiger partial charge on any atom is -0.545 e. The third-order valence-corrected chi connectivity index (χ3v) is 5.59. The summed E-state index contributed by atoms with van der Waals surface area (Å²) < 4.78 is 0.756. The quantitative estimate of drug-likeness (QED) is 0.761. The summed E-state index contributed by atoms with van der Waals surface area (Å²) in [6, 6.07) is 11.4. The zero-order chi connectivity index (χ0) is 16.8. The molecule has 0 saturated carbocycles. The lowest BCUT2D eigenvalue weighted by Crippen LogP contribution is -2.32. The molecule has 3 atom stereocenters. The highest BCUT2D eigenvalue weighted by Gasteiger charge is 2.38. The maximum absolute atomic E-state index is 11.6. The molecule has 0 fully saturated rings. The molecule has 0 unspecified atom stereocenters. The largest absolute Gasteiger partial charge is 0.545 e. The number of rotatable bonds is 2. The number of hydrogen-bond donors (Lipinski definition) is 1. The van der Waals surface area contributed by atoms with E-state index < -0.39 is 5.97 Å². The molecular formula is C19H14BrClNO2-. The molecule has 2 aromatic carbocycles. The van der Waals surface area contributed by atoms with Crippen LogP contribution in [-0.2, 0) is 0 Å². The van der Waals surface area contributed by atoms with E-state index >= 15 is 0 Å². The third-order valence-electron chi connectivity index (χ3n) is 4.88. The normalized spacial score (nSPS) is 24.2. The molecule has 2 aromatic rings. The molecule has 3 nitrogen and oxygen atoms in total. The first-order chi connectivity index (χ1) is 11.5. The Hall–Kier alpha value is -1.78. The van der Waals surface area contributed by atoms with Crippen molar-refractivity contribution in [3.63, 3.8) is 0 Å². The molecule has 2 aliphatic rings. The molecule has 1 aliphatic heterocycles. The number of allylic oxidation sites excluding steroid dienone is 2. The highest BCUT2D eigenvalue weighted by atomic mass is 79.9. The van der Waals surface area contributed by atoms with Crippen LogP contribution in [0.1, 0.15) is 39.9 Å². The Balaban J connectivity index is 1.86. The fourth-order valence-electron chi connectivity index (χ4n) is 3.83. The van der Waals surface area contributed by atoms with Crippen LogP contribution in [0.4, 0.5) is 5.69 Å². The van der Waals surface area contributed by atoms with E-state index in [0.717, 1.165) is 22.0 Å². The summed E-state index contributed by atoms with van der Waals surface area (Å²) in [7, 11) is 0. The van der Waals surface area contributed by atoms with Gasteiger partial charge in [0.2, 0.25) is 0 Å². The van der Waals surface area contributed by atoms with Crippen LogP contribution in [0, 0.1) is 5.92 Å². The Morgan fingerprint density at radius 1 is 1.25 bits per heavy atom. The van der Waals surface area contributed by atoms with E-state index in [9.17, 15) is 9.90 Å². The number of benzene rings is 2. The first-order valence-electron chi connectivity index (χ1n) is 7.78. The van der Waals surface area contributed by atoms with Gasteiger partial charge < -0.3 is 15.2 Å². The van der Waals surface area contributed by atoms with Crippen LogP contribution >= 0.6 is 27.5 Å². The molecule has 122 valence electrons. The Kier molecular flexibility index (Phi) is 3.89. The number of carbonyl (C=O) groups is 1. The van der Waals surface area contributed by atoms with E-state index in [2.05, 4.69) is 33.4 Å². The average Bonchev–Trinajstić information content (AvgIpc) is 3.04. The number of hydrogen-bond acceptors (Lipinski definition) is 3. The number of fused-ring (bicyclic) bond motifs is 3. The maximum Gasteiger partial charge on any atom is 0.0736 e. The minimum atomic E-state index is -1.17. The number of aromatic carboxylic acids is 1. The van der Waals surface area contributed by atoms with Gasteiger partial charge in [0.1, 0.15) is 0 Å². The van der Waals surface area contributed by atoms with Gasteiger partial charge in [-0.1, -0.05) is 51.8 Å². The molecule has 0 saturated heterocycles. The summed E-state index contributed by atoms with van der Waals surface area (Å²) in [5, 5.41) is 15.7. The molecular weight excluding hydrogens is 390 g/mol. The summed E-state index contributed by atoms with van der Waals surface area (Å²) in [6.45, 7) is 0. The number of anilines is 1. The van der Waals surface area contributed by atoms with Crippen molar-refractivity contribution in [1.29, 1.82) is 0 Å². The van der Waals surface area contributed by atoms with Crippen LogP contribution < -0.4 is 10.4 Å². The first-order valence-corrected chi connectivity index (χ1v) is 8.95. The van der Waals surface area contributed by atoms with Gasteiger partial charge in [-0.15, -0.1) is 0 Å². The van der Waals surface area contributed by atoms with Gasteiger partial charge in [0, 0.05) is 26.7 Å². The number of halogens is 2. The van der Waals surface area contributed by atoms with Gasteiger partial charge in [0.25, 0.3) is 0 Å². The van der Waals surface area contributed by atoms with Crippen molar-refractivity contribution in [2.45, 2.75) is 18.4 Å². The summed E-state index contributed by atoms with van der Waals surface area (Å²) in [5.74, 6) is -0.629. The fraction of sp³-hybridized carbons (Fsp3) is 0.211. The van der Waals surface area contributed by atoms with Crippen LogP contribution in [0.5, 0.6) is 0 Å². The van der Waals surface area contributed by atoms with Gasteiger partial charge in [-0.05, 0) is 47.7 Å². The van der Waals surface area contributed by atoms with Crippen molar-refractivity contribution in [1.82, 2.24) is 0 Å². The van der Waals surface area contributed by atoms with Crippen LogP contribution in [0.15, 0.2) is 53.0 Å². The fourth-order valence-corrected chi connectivity index (χ4v) is 4.43. The van der Waals surface area contributed by atoms with E-state index in [0.29, 0.717) is 16.6 Å². The van der Waals surface area contributed by atoms with Gasteiger partial charge in [0.05, 0.1) is 12.0 Å². The molecule has 1 aliphatic carbocycles. The Bertz CT molecular complexity index is 847. The number of carboxylic acid groups (broad SMARTS) is 1. The van der Waals surface area contributed by atoms with Crippen molar-refractivity contribution in [3.05, 3.63) is 74.7 Å². The van der Waals surface area contributed by atoms with Crippen molar-refractivity contribution >= 4 is 39.2 Å². The zero-order valence-electron chi connectivity index (χ0n) is 12.6. The molecule has 0 aromatic heterocycles. The smallest absolute Gasteiger partial charge is 0.0736 e. The predicted molar refractivity (Wildman–Crippen MR) is 96.3 cm³/mol. The molecule has 0 radical (unpaired) electrons. The maximum atomic E-state index is 11.6. The van der Waals surface area contributed by atoms with E-state index in [-0.39, 0.29) is 17.5 Å². The summed E-state index contributed by atoms with van der Waals surface area (Å²) in [4.78, 5) is 11.6. The Labute approximate surface area is 153 Å². The minimum absolute atomic E-state index is 0.0362. The van der Waals surface area contributed by atoms with Gasteiger partial charge in [-0.3, -0.25) is 0 Å². The highest BCUT2D eigenvalue weighted by Crippen LogP contribution is 2.51. The monoisotopic (exact) mass is 402 g/mol. The molecule has 24 heavy (non-hydrogen) atoms. The molecule has 4 rings (SSSR count). The number of carboxylic acids is 1. The molecule has 1 heterocycles. The van der Waals surface area contributed by atoms with Gasteiger partial charge in [0.15, 0.2) is 0 Å². The lowest BCUT2D eigenvalue weighted by molar-refractivity contribution is -0.254. The number of carbonyl (C=O) groups excluding carboxylic acids is 1. The third kappa shape index (κ3) is 2.54. The van der Waals surface area contributed by atoms with E-state index in [1.807, 2.05) is 30.3 Å². The van der Waals surface area contributed by atoms with Gasteiger partial charge in [-0.2, -0.15) is 0 Å². The summed E-state index contributed by atoms with van der Waals surface area (Å²) in [6.07, 6.45) is 5.31. The highest BCUT2D eigenvalue weighted by molar-refractivity contribution is 9.10. The van der Waals surface area contributed by atoms with E-state index in [1.54, 1.807) is 6.07 Å². The van der Waals surface area contributed by atoms with E-state index in [4.69, 9.17) is 11.6 Å². The lowest BCUT2D eigenvalue weighted by atomic mass is 9.76. The van der Waals surface area contributed by atoms with Crippen LogP contribution in [0.25, 0.3) is 0 Å². The SMILES string of the molecule is O=C([O-])c1cc(Br)cc2c1N[C@@H](c1ccc(Cl)cc1)[C@@H]1CC=C[C@H]21. The molecule has 0 bridgehead atoms. The van der Waals surface area contributed by atoms with E-state index in [1.165, 1.54) is 0 Å². The van der Waals surface area contributed by atoms with Crippen LogP contribution in [-0.4, -0.2) is 5.97 Å². The van der Waals surface area contributed by atoms with Gasteiger partial charge in [-0.25, -0.2) is 0 Å². The summed E-state index contributed by atoms with van der Waals surface area (Å²) >= 11 is 9.42. The standard InChI is InChI=1S/C19H15BrClNO2/c20-11-8-15-13-2-1-3-14(13)17(10-4-6-12(21)7-5-10)22-18(15)16(9-11)19(23)24/h1-2,4-9,13-14,17,22H,3H2,(H,23,24)/p-1/t13-,14+,17-/m0/s1. The lowest BCUT2D eigenvalue weighted by Gasteiger charge is -2.39. The Morgan fingerprint density at radius 3 is 2.71 bits per heavy atom. The second-order valence-corrected chi connectivity index (χ2v) is 7.58. The average molecular weight is 404 g/mol. The first kappa shape index (κ1) is 15.7. The number of nitrogens with one attached hydrogen (secondary N) is 1. The Morgan fingerprint density at radius 2 is 2.00 bits per heavy atom. The van der Waals surface area contributed by atoms with Crippen molar-refractivity contribution < 1.29 is 9.90 Å².